The summed E-state index contributed by atoms with van der Waals surface area (Å²) in [6.07, 6.45) is 1.77. The van der Waals surface area contributed by atoms with E-state index in [1.807, 2.05) is 13.8 Å². The summed E-state index contributed by atoms with van der Waals surface area (Å²) in [4.78, 5) is 34.7. The number of rotatable bonds is 8. The molecule has 0 spiro atoms. The van der Waals surface area contributed by atoms with Crippen LogP contribution in [0.1, 0.15) is 37.0 Å². The summed E-state index contributed by atoms with van der Waals surface area (Å²) in [6.45, 7) is 3.07. The molecule has 0 aromatic heterocycles. The van der Waals surface area contributed by atoms with Crippen molar-refractivity contribution in [2.75, 3.05) is 13.2 Å². The molecule has 1 aromatic rings. The van der Waals surface area contributed by atoms with Crippen molar-refractivity contribution in [3.63, 3.8) is 0 Å². The third kappa shape index (κ3) is 7.39. The second kappa shape index (κ2) is 9.55. The summed E-state index contributed by atoms with van der Waals surface area (Å²) >= 11 is 0. The SMILES string of the molecule is CCC[C@H](C)NC(=O)COC(=O)CNC(=O)c1cccc(F)c1. The number of benzene rings is 1. The van der Waals surface area contributed by atoms with Crippen LogP contribution in [0.3, 0.4) is 0 Å². The maximum atomic E-state index is 13.0. The second-order valence-electron chi connectivity index (χ2n) is 5.11. The van der Waals surface area contributed by atoms with Crippen molar-refractivity contribution in [2.45, 2.75) is 32.7 Å². The summed E-state index contributed by atoms with van der Waals surface area (Å²) in [7, 11) is 0. The zero-order valence-electron chi connectivity index (χ0n) is 13.2. The first-order valence-electron chi connectivity index (χ1n) is 7.41. The van der Waals surface area contributed by atoms with E-state index in [4.69, 9.17) is 4.74 Å². The van der Waals surface area contributed by atoms with E-state index in [-0.39, 0.29) is 11.6 Å². The normalized spacial score (nSPS) is 11.4. The molecule has 2 amide bonds. The van der Waals surface area contributed by atoms with Crippen molar-refractivity contribution >= 4 is 17.8 Å². The minimum atomic E-state index is -0.743. The van der Waals surface area contributed by atoms with Crippen LogP contribution < -0.4 is 10.6 Å². The predicted molar refractivity (Wildman–Crippen MR) is 82.2 cm³/mol. The average Bonchev–Trinajstić information content (AvgIpc) is 2.50. The van der Waals surface area contributed by atoms with Crippen molar-refractivity contribution in [3.05, 3.63) is 35.6 Å². The maximum Gasteiger partial charge on any atom is 0.325 e. The third-order valence-electron chi connectivity index (χ3n) is 2.97. The fraction of sp³-hybridized carbons (Fsp3) is 0.438. The third-order valence-corrected chi connectivity index (χ3v) is 2.97. The summed E-state index contributed by atoms with van der Waals surface area (Å²) in [5.41, 5.74) is 0.101. The van der Waals surface area contributed by atoms with Gasteiger partial charge in [0.2, 0.25) is 0 Å². The molecule has 7 heteroatoms. The van der Waals surface area contributed by atoms with Gasteiger partial charge < -0.3 is 15.4 Å². The van der Waals surface area contributed by atoms with Gasteiger partial charge in [-0.25, -0.2) is 4.39 Å². The number of carbonyl (C=O) groups is 3. The van der Waals surface area contributed by atoms with Crippen LogP contribution in [-0.2, 0) is 14.3 Å². The number of amides is 2. The van der Waals surface area contributed by atoms with Crippen LogP contribution in [-0.4, -0.2) is 37.0 Å². The Bertz CT molecular complexity index is 563. The Morgan fingerprint density at radius 2 is 2.04 bits per heavy atom. The highest BCUT2D eigenvalue weighted by molar-refractivity contribution is 5.96. The molecule has 0 unspecified atom stereocenters. The number of esters is 1. The molecule has 0 aliphatic rings. The van der Waals surface area contributed by atoms with Crippen LogP contribution in [0.15, 0.2) is 24.3 Å². The van der Waals surface area contributed by atoms with Crippen LogP contribution in [0.25, 0.3) is 0 Å². The maximum absolute atomic E-state index is 13.0. The van der Waals surface area contributed by atoms with E-state index < -0.39 is 36.8 Å². The van der Waals surface area contributed by atoms with E-state index in [2.05, 4.69) is 10.6 Å². The standard InChI is InChI=1S/C16H21FN2O4/c1-3-5-11(2)19-14(20)10-23-15(21)9-18-16(22)12-6-4-7-13(17)8-12/h4,6-8,11H,3,5,9-10H2,1-2H3,(H,18,22)(H,19,20)/t11-/m0/s1. The number of hydrogen-bond donors (Lipinski definition) is 2. The Hall–Kier alpha value is -2.44. The van der Waals surface area contributed by atoms with Gasteiger partial charge in [0.25, 0.3) is 11.8 Å². The molecule has 0 saturated heterocycles. The van der Waals surface area contributed by atoms with Crippen molar-refractivity contribution in [1.29, 1.82) is 0 Å². The number of nitrogens with one attached hydrogen (secondary N) is 2. The van der Waals surface area contributed by atoms with Gasteiger partial charge in [0.1, 0.15) is 12.4 Å². The van der Waals surface area contributed by atoms with Gasteiger partial charge in [0, 0.05) is 11.6 Å². The Labute approximate surface area is 134 Å². The first kappa shape index (κ1) is 18.6. The molecule has 0 fully saturated rings. The van der Waals surface area contributed by atoms with E-state index in [0.717, 1.165) is 18.9 Å². The van der Waals surface area contributed by atoms with Crippen molar-refractivity contribution in [2.24, 2.45) is 0 Å². The monoisotopic (exact) mass is 324 g/mol. The average molecular weight is 324 g/mol. The van der Waals surface area contributed by atoms with Crippen LogP contribution in [0, 0.1) is 5.82 Å². The van der Waals surface area contributed by atoms with Crippen molar-refractivity contribution in [3.8, 4) is 0 Å². The van der Waals surface area contributed by atoms with Gasteiger partial charge in [-0.15, -0.1) is 0 Å². The molecule has 1 aromatic carbocycles. The highest BCUT2D eigenvalue weighted by atomic mass is 19.1. The zero-order chi connectivity index (χ0) is 17.2. The van der Waals surface area contributed by atoms with Crippen LogP contribution in [0.4, 0.5) is 4.39 Å². The molecule has 126 valence electrons. The first-order chi connectivity index (χ1) is 10.9. The van der Waals surface area contributed by atoms with E-state index in [1.54, 1.807) is 0 Å². The Morgan fingerprint density at radius 3 is 2.70 bits per heavy atom. The van der Waals surface area contributed by atoms with Gasteiger partial charge in [-0.1, -0.05) is 19.4 Å². The lowest BCUT2D eigenvalue weighted by atomic mass is 10.2. The number of halogens is 1. The number of hydrogen-bond acceptors (Lipinski definition) is 4. The van der Waals surface area contributed by atoms with E-state index >= 15 is 0 Å². The molecule has 0 saturated carbocycles. The summed E-state index contributed by atoms with van der Waals surface area (Å²) in [6, 6.07) is 5.10. The smallest absolute Gasteiger partial charge is 0.325 e. The van der Waals surface area contributed by atoms with E-state index in [1.165, 1.54) is 18.2 Å². The molecule has 2 N–H and O–H groups in total. The fourth-order valence-corrected chi connectivity index (χ4v) is 1.90. The van der Waals surface area contributed by atoms with Gasteiger partial charge in [-0.2, -0.15) is 0 Å². The molecule has 6 nitrogen and oxygen atoms in total. The van der Waals surface area contributed by atoms with Crippen LogP contribution in [0.5, 0.6) is 0 Å². The minimum absolute atomic E-state index is 0.0129. The largest absolute Gasteiger partial charge is 0.454 e. The summed E-state index contributed by atoms with van der Waals surface area (Å²) < 4.78 is 17.7. The Kier molecular flexibility index (Phi) is 7.73. The lowest BCUT2D eigenvalue weighted by Gasteiger charge is -2.12. The molecule has 0 radical (unpaired) electrons. The van der Waals surface area contributed by atoms with Crippen LogP contribution >= 0.6 is 0 Å². The molecule has 1 atom stereocenters. The van der Waals surface area contributed by atoms with Gasteiger partial charge >= 0.3 is 5.97 Å². The molecule has 0 aliphatic carbocycles. The minimum Gasteiger partial charge on any atom is -0.454 e. The molecule has 0 aliphatic heterocycles. The van der Waals surface area contributed by atoms with Crippen molar-refractivity contribution < 1.29 is 23.5 Å². The molecule has 0 bridgehead atoms. The molecular formula is C16H21FN2O4. The first-order valence-corrected chi connectivity index (χ1v) is 7.41. The Balaban J connectivity index is 2.29. The van der Waals surface area contributed by atoms with Crippen LogP contribution in [0.2, 0.25) is 0 Å². The zero-order valence-corrected chi connectivity index (χ0v) is 13.2. The molecule has 23 heavy (non-hydrogen) atoms. The van der Waals surface area contributed by atoms with E-state index in [0.29, 0.717) is 0 Å². The highest BCUT2D eigenvalue weighted by Gasteiger charge is 2.12. The lowest BCUT2D eigenvalue weighted by molar-refractivity contribution is -0.147. The number of ether oxygens (including phenoxy) is 1. The number of carbonyl (C=O) groups excluding carboxylic acids is 3. The van der Waals surface area contributed by atoms with Gasteiger partial charge in [0.15, 0.2) is 6.61 Å². The van der Waals surface area contributed by atoms with Crippen molar-refractivity contribution in [1.82, 2.24) is 10.6 Å². The topological polar surface area (TPSA) is 84.5 Å². The Morgan fingerprint density at radius 1 is 1.30 bits per heavy atom. The summed E-state index contributed by atoms with van der Waals surface area (Å²) in [5, 5.41) is 4.99. The van der Waals surface area contributed by atoms with E-state index in [9.17, 15) is 18.8 Å². The molecular weight excluding hydrogens is 303 g/mol. The molecule has 0 heterocycles. The predicted octanol–water partition coefficient (Wildman–Crippen LogP) is 1.40. The summed E-state index contributed by atoms with van der Waals surface area (Å²) in [5.74, 6) is -2.27. The van der Waals surface area contributed by atoms with Gasteiger partial charge in [0.05, 0.1) is 0 Å². The lowest BCUT2D eigenvalue weighted by Crippen LogP contribution is -2.37. The van der Waals surface area contributed by atoms with Gasteiger partial charge in [-0.3, -0.25) is 14.4 Å². The quantitative estimate of drug-likeness (QED) is 0.708. The fourth-order valence-electron chi connectivity index (χ4n) is 1.90. The highest BCUT2D eigenvalue weighted by Crippen LogP contribution is 2.02. The van der Waals surface area contributed by atoms with Gasteiger partial charge in [-0.05, 0) is 31.5 Å². The second-order valence-corrected chi connectivity index (χ2v) is 5.11. The molecule has 1 rings (SSSR count).